The third-order valence-electron chi connectivity index (χ3n) is 2.35. The molecule has 0 amide bonds. The number of para-hydroxylation sites is 1. The largest absolute Gasteiger partial charge is 1.00 e. The van der Waals surface area contributed by atoms with Gasteiger partial charge in [-0.3, -0.25) is 0 Å². The van der Waals surface area contributed by atoms with Crippen molar-refractivity contribution in [1.82, 2.24) is 0 Å². The smallest absolute Gasteiger partial charge is 1.00 e. The molecule has 2 aromatic rings. The molecule has 11 heteroatoms. The number of anilines is 2. The number of ether oxygens (including phenoxy) is 1. The summed E-state index contributed by atoms with van der Waals surface area (Å²) >= 11 is 0. The van der Waals surface area contributed by atoms with Crippen LogP contribution in [-0.2, 0) is 0 Å². The SMILES string of the molecule is COc1cc(Nc2ccccc2)ccc1[N+]#N.FP(F)(F)(F)F.[F-]. The predicted molar refractivity (Wildman–Crippen MR) is 79.9 cm³/mol. The summed E-state index contributed by atoms with van der Waals surface area (Å²) in [6, 6.07) is 15.1. The van der Waals surface area contributed by atoms with Crippen LogP contribution < -0.4 is 14.8 Å². The van der Waals surface area contributed by atoms with Crippen LogP contribution in [-0.4, -0.2) is 7.11 Å². The van der Waals surface area contributed by atoms with Gasteiger partial charge in [0.25, 0.3) is 0 Å². The molecule has 0 fully saturated rings. The Labute approximate surface area is 133 Å². The standard InChI is InChI=1S/C13H12N3O.F5P.FH/c1-17-13-9-11(7-8-12(13)16-14)15-10-5-3-2-4-6-10;1-6(2,3,4)5;/h2-9,15H,1H3;;1H/q+1;;/p-1. The van der Waals surface area contributed by atoms with Gasteiger partial charge in [0.2, 0.25) is 11.1 Å². The fraction of sp³-hybridized carbons (Fsp3) is 0.0769. The van der Waals surface area contributed by atoms with Crippen LogP contribution in [0.2, 0.25) is 0 Å². The molecule has 0 saturated heterocycles. The second-order valence-corrected chi connectivity index (χ2v) is 5.39. The van der Waals surface area contributed by atoms with Gasteiger partial charge in [0.05, 0.1) is 7.11 Å². The number of halogens is 6. The Morgan fingerprint density at radius 1 is 0.958 bits per heavy atom. The first kappa shape index (κ1) is 21.5. The van der Waals surface area contributed by atoms with Gasteiger partial charge in [-0.25, -0.2) is 0 Å². The molecule has 2 rings (SSSR count). The number of nitrogens with zero attached hydrogens (tertiary/aromatic N) is 2. The van der Waals surface area contributed by atoms with E-state index in [4.69, 9.17) is 10.1 Å². The maximum atomic E-state index is 9.84. The van der Waals surface area contributed by atoms with Crippen LogP contribution in [0.4, 0.5) is 38.0 Å². The molecule has 0 unspecified atom stereocenters. The minimum atomic E-state index is -8.55. The van der Waals surface area contributed by atoms with Gasteiger partial charge in [0.15, 0.2) is 4.98 Å². The molecule has 2 aromatic carbocycles. The molecule has 0 spiro atoms. The van der Waals surface area contributed by atoms with E-state index in [0.717, 1.165) is 11.4 Å². The van der Waals surface area contributed by atoms with Crippen molar-refractivity contribution in [2.75, 3.05) is 12.4 Å². The number of diazo groups is 1. The van der Waals surface area contributed by atoms with Gasteiger partial charge < -0.3 is 14.8 Å². The van der Waals surface area contributed by atoms with E-state index >= 15 is 0 Å². The van der Waals surface area contributed by atoms with Crippen molar-refractivity contribution < 1.29 is 30.4 Å². The first-order valence-corrected chi connectivity index (χ1v) is 7.72. The summed E-state index contributed by atoms with van der Waals surface area (Å²) < 4.78 is 54.3. The van der Waals surface area contributed by atoms with Crippen LogP contribution in [0.5, 0.6) is 5.75 Å². The van der Waals surface area contributed by atoms with E-state index in [0.29, 0.717) is 11.4 Å². The van der Waals surface area contributed by atoms with Crippen LogP contribution in [0.3, 0.4) is 0 Å². The van der Waals surface area contributed by atoms with E-state index in [2.05, 4.69) is 10.3 Å². The van der Waals surface area contributed by atoms with Crippen LogP contribution in [0.25, 0.3) is 4.98 Å². The number of rotatable bonds is 3. The topological polar surface area (TPSA) is 49.4 Å². The second-order valence-electron chi connectivity index (χ2n) is 4.12. The van der Waals surface area contributed by atoms with Gasteiger partial charge in [-0.1, -0.05) is 18.2 Å². The molecule has 0 atom stereocenters. The normalized spacial score (nSPS) is 11.5. The van der Waals surface area contributed by atoms with Crippen molar-refractivity contribution in [2.45, 2.75) is 0 Å². The third-order valence-corrected chi connectivity index (χ3v) is 2.35. The molecule has 0 radical (unpaired) electrons. The van der Waals surface area contributed by atoms with Gasteiger partial charge in [-0.05, 0) is 18.2 Å². The zero-order valence-corrected chi connectivity index (χ0v) is 13.0. The van der Waals surface area contributed by atoms with Crippen LogP contribution in [0.15, 0.2) is 48.5 Å². The molecule has 132 valence electrons. The summed E-state index contributed by atoms with van der Waals surface area (Å²) in [6.45, 7) is 0. The molecule has 0 heterocycles. The van der Waals surface area contributed by atoms with Crippen molar-refractivity contribution in [3.63, 3.8) is 0 Å². The fourth-order valence-corrected chi connectivity index (χ4v) is 1.53. The number of hydrogen-bond acceptors (Lipinski definition) is 3. The van der Waals surface area contributed by atoms with E-state index in [1.54, 1.807) is 12.1 Å². The number of hydrogen-bond donors (Lipinski definition) is 1. The Morgan fingerprint density at radius 2 is 1.50 bits per heavy atom. The Morgan fingerprint density at radius 3 is 1.96 bits per heavy atom. The maximum absolute atomic E-state index is 9.84. The molecule has 0 aliphatic heterocycles. The molecule has 1 N–H and O–H groups in total. The summed E-state index contributed by atoms with van der Waals surface area (Å²) in [5, 5.41) is 12.0. The first-order valence-electron chi connectivity index (χ1n) is 6.03. The van der Waals surface area contributed by atoms with Gasteiger partial charge >= 0.3 is 34.8 Å². The van der Waals surface area contributed by atoms with E-state index in [1.807, 2.05) is 36.4 Å². The average Bonchev–Trinajstić information content (AvgIpc) is 2.45. The maximum Gasteiger partial charge on any atom is -1.00 e. The second kappa shape index (κ2) is 8.36. The van der Waals surface area contributed by atoms with Crippen molar-refractivity contribution in [2.24, 2.45) is 0 Å². The van der Waals surface area contributed by atoms with Gasteiger partial charge in [0, 0.05) is 23.5 Å². The van der Waals surface area contributed by atoms with Crippen molar-refractivity contribution in [3.05, 3.63) is 53.5 Å². The molecular weight excluding hydrogens is 359 g/mol. The van der Waals surface area contributed by atoms with Crippen molar-refractivity contribution in [1.29, 1.82) is 5.39 Å². The molecule has 0 bridgehead atoms. The Bertz CT molecular complexity index is 683. The molecule has 0 aliphatic rings. The minimum absolute atomic E-state index is 0. The van der Waals surface area contributed by atoms with Crippen LogP contribution >= 0.6 is 8.16 Å². The quantitative estimate of drug-likeness (QED) is 0.506. The van der Waals surface area contributed by atoms with Crippen molar-refractivity contribution >= 4 is 25.2 Å². The molecule has 24 heavy (non-hydrogen) atoms. The fourth-order valence-electron chi connectivity index (χ4n) is 1.53. The molecule has 0 aliphatic carbocycles. The van der Waals surface area contributed by atoms with Crippen LogP contribution in [0.1, 0.15) is 0 Å². The molecule has 0 saturated carbocycles. The summed E-state index contributed by atoms with van der Waals surface area (Å²) in [5.74, 6) is 0.522. The Kier molecular flexibility index (Phi) is 7.48. The van der Waals surface area contributed by atoms with E-state index in [9.17, 15) is 21.0 Å². The summed E-state index contributed by atoms with van der Waals surface area (Å²) in [7, 11) is -7.01. The monoisotopic (exact) mass is 371 g/mol. The van der Waals surface area contributed by atoms with E-state index < -0.39 is 8.16 Å². The zero-order valence-electron chi connectivity index (χ0n) is 12.1. The first-order chi connectivity index (χ1) is 10.6. The predicted octanol–water partition coefficient (Wildman–Crippen LogP) is 3.89. The van der Waals surface area contributed by atoms with Crippen LogP contribution in [0, 0.1) is 5.39 Å². The van der Waals surface area contributed by atoms with E-state index in [-0.39, 0.29) is 4.70 Å². The Hall–Kier alpha value is -2.53. The summed E-state index contributed by atoms with van der Waals surface area (Å²) in [6.07, 6.45) is 0. The zero-order chi connectivity index (χ0) is 17.5. The number of nitrogens with one attached hydrogen (secondary N) is 1. The van der Waals surface area contributed by atoms with E-state index in [1.165, 1.54) is 7.11 Å². The Balaban J connectivity index is 0.000000655. The summed E-state index contributed by atoms with van der Waals surface area (Å²) in [4.78, 5) is 3.14. The van der Waals surface area contributed by atoms with Gasteiger partial charge in [0.1, 0.15) is 0 Å². The third kappa shape index (κ3) is 9.48. The minimum Gasteiger partial charge on any atom is -1.00 e. The number of benzene rings is 2. The average molecular weight is 371 g/mol. The van der Waals surface area contributed by atoms with Crippen molar-refractivity contribution in [3.8, 4) is 5.75 Å². The van der Waals surface area contributed by atoms with Gasteiger partial charge in [-0.2, -0.15) is 0 Å². The van der Waals surface area contributed by atoms with Gasteiger partial charge in [-0.15, -0.1) is 0 Å². The molecule has 0 aromatic heterocycles. The molecular formula is C13H12F6N3OP. The molecule has 4 nitrogen and oxygen atoms in total. The number of methoxy groups -OCH3 is 1. The summed E-state index contributed by atoms with van der Waals surface area (Å²) in [5.41, 5.74) is 2.27.